The normalized spacial score (nSPS) is 11.6. The van der Waals surface area contributed by atoms with Crippen molar-refractivity contribution in [3.63, 3.8) is 0 Å². The minimum atomic E-state index is -0.450. The summed E-state index contributed by atoms with van der Waals surface area (Å²) in [5.74, 6) is 1.40. The Morgan fingerprint density at radius 3 is 2.19 bits per heavy atom. The zero-order chi connectivity index (χ0) is 14.5. The van der Waals surface area contributed by atoms with E-state index in [2.05, 4.69) is 10.0 Å². The molecule has 0 radical (unpaired) electrons. The van der Waals surface area contributed by atoms with Crippen LogP contribution in [0.1, 0.15) is 17.4 Å². The topological polar surface area (TPSA) is 61.9 Å². The molecule has 3 rings (SSSR count). The van der Waals surface area contributed by atoms with Crippen LogP contribution in [0.2, 0.25) is 0 Å². The summed E-state index contributed by atoms with van der Waals surface area (Å²) in [5, 5.41) is 3.86. The molecule has 0 saturated heterocycles. The highest BCUT2D eigenvalue weighted by molar-refractivity contribution is 5.57. The SMILES string of the molecule is [N-]=[N+]=NC(c1ccccc1)c1ccc(-c2ccccc2)o1. The molecule has 1 atom stereocenters. The van der Waals surface area contributed by atoms with Crippen molar-refractivity contribution < 1.29 is 4.42 Å². The van der Waals surface area contributed by atoms with Crippen molar-refractivity contribution in [2.24, 2.45) is 5.11 Å². The van der Waals surface area contributed by atoms with Gasteiger partial charge in [-0.15, -0.1) is 0 Å². The van der Waals surface area contributed by atoms with Gasteiger partial charge in [0.25, 0.3) is 0 Å². The van der Waals surface area contributed by atoms with E-state index in [1.807, 2.05) is 72.8 Å². The summed E-state index contributed by atoms with van der Waals surface area (Å²) in [6, 6.07) is 22.7. The van der Waals surface area contributed by atoms with Gasteiger partial charge in [0.1, 0.15) is 17.6 Å². The van der Waals surface area contributed by atoms with Crippen molar-refractivity contribution in [1.82, 2.24) is 0 Å². The summed E-state index contributed by atoms with van der Waals surface area (Å²) >= 11 is 0. The van der Waals surface area contributed by atoms with E-state index >= 15 is 0 Å². The molecular formula is C17H13N3O. The van der Waals surface area contributed by atoms with Gasteiger partial charge >= 0.3 is 0 Å². The highest BCUT2D eigenvalue weighted by Gasteiger charge is 2.16. The summed E-state index contributed by atoms with van der Waals surface area (Å²) in [7, 11) is 0. The second-order valence-corrected chi connectivity index (χ2v) is 4.59. The van der Waals surface area contributed by atoms with Crippen LogP contribution in [0, 0.1) is 0 Å². The molecule has 1 unspecified atom stereocenters. The van der Waals surface area contributed by atoms with Crippen molar-refractivity contribution in [1.29, 1.82) is 0 Å². The zero-order valence-electron chi connectivity index (χ0n) is 11.3. The summed E-state index contributed by atoms with van der Waals surface area (Å²) in [4.78, 5) is 2.94. The summed E-state index contributed by atoms with van der Waals surface area (Å²) in [5.41, 5.74) is 10.7. The molecule has 1 aromatic heterocycles. The van der Waals surface area contributed by atoms with Gasteiger partial charge in [-0.2, -0.15) is 0 Å². The van der Waals surface area contributed by atoms with E-state index in [0.29, 0.717) is 5.76 Å². The lowest BCUT2D eigenvalue weighted by atomic mass is 10.1. The monoisotopic (exact) mass is 275 g/mol. The molecule has 0 spiro atoms. The lowest BCUT2D eigenvalue weighted by Crippen LogP contribution is -1.94. The van der Waals surface area contributed by atoms with E-state index in [9.17, 15) is 0 Å². The maximum absolute atomic E-state index is 8.80. The first-order valence-electron chi connectivity index (χ1n) is 6.63. The molecule has 1 heterocycles. The molecule has 4 nitrogen and oxygen atoms in total. The largest absolute Gasteiger partial charge is 0.460 e. The van der Waals surface area contributed by atoms with E-state index in [0.717, 1.165) is 16.9 Å². The molecule has 4 heteroatoms. The first kappa shape index (κ1) is 13.0. The van der Waals surface area contributed by atoms with Gasteiger partial charge in [0.2, 0.25) is 0 Å². The Balaban J connectivity index is 1.99. The van der Waals surface area contributed by atoms with E-state index in [4.69, 9.17) is 9.95 Å². The minimum absolute atomic E-state index is 0.450. The third-order valence-corrected chi connectivity index (χ3v) is 3.24. The second-order valence-electron chi connectivity index (χ2n) is 4.59. The third kappa shape index (κ3) is 2.81. The molecule has 102 valence electrons. The average Bonchev–Trinajstić information content (AvgIpc) is 3.04. The summed E-state index contributed by atoms with van der Waals surface area (Å²) in [6.45, 7) is 0. The molecule has 0 fully saturated rings. The van der Waals surface area contributed by atoms with Crippen molar-refractivity contribution in [2.45, 2.75) is 6.04 Å². The number of furan rings is 1. The standard InChI is InChI=1S/C17H13N3O/c18-20-19-17(14-9-5-2-6-10-14)16-12-11-15(21-16)13-7-3-1-4-8-13/h1-12,17H. The van der Waals surface area contributed by atoms with Crippen molar-refractivity contribution in [3.05, 3.63) is 94.6 Å². The number of azide groups is 1. The van der Waals surface area contributed by atoms with Crippen LogP contribution in [0.4, 0.5) is 0 Å². The molecule has 0 N–H and O–H groups in total. The number of benzene rings is 2. The Bertz CT molecular complexity index is 759. The predicted octanol–water partition coefficient (Wildman–Crippen LogP) is 5.35. The van der Waals surface area contributed by atoms with E-state index in [-0.39, 0.29) is 0 Å². The van der Waals surface area contributed by atoms with E-state index in [1.165, 1.54) is 0 Å². The van der Waals surface area contributed by atoms with Gasteiger partial charge in [0.05, 0.1) is 0 Å². The molecule has 0 aliphatic rings. The van der Waals surface area contributed by atoms with Crippen LogP contribution in [-0.2, 0) is 0 Å². The summed E-state index contributed by atoms with van der Waals surface area (Å²) in [6.07, 6.45) is 0. The van der Waals surface area contributed by atoms with Gasteiger partial charge in [-0.3, -0.25) is 0 Å². The minimum Gasteiger partial charge on any atom is -0.460 e. The zero-order valence-corrected chi connectivity index (χ0v) is 11.3. The first-order chi connectivity index (χ1) is 10.4. The Morgan fingerprint density at radius 2 is 1.52 bits per heavy atom. The molecule has 0 saturated carbocycles. The van der Waals surface area contributed by atoms with E-state index in [1.54, 1.807) is 0 Å². The van der Waals surface area contributed by atoms with Gasteiger partial charge in [0, 0.05) is 10.5 Å². The fourth-order valence-electron chi connectivity index (χ4n) is 2.23. The van der Waals surface area contributed by atoms with Crippen molar-refractivity contribution >= 4 is 0 Å². The fourth-order valence-corrected chi connectivity index (χ4v) is 2.23. The fraction of sp³-hybridized carbons (Fsp3) is 0.0588. The highest BCUT2D eigenvalue weighted by Crippen LogP contribution is 2.31. The lowest BCUT2D eigenvalue weighted by molar-refractivity contribution is 0.501. The Kier molecular flexibility index (Phi) is 3.72. The molecule has 0 bridgehead atoms. The third-order valence-electron chi connectivity index (χ3n) is 3.24. The van der Waals surface area contributed by atoms with Crippen LogP contribution in [0.15, 0.2) is 82.3 Å². The number of hydrogen-bond donors (Lipinski definition) is 0. The molecule has 0 aliphatic carbocycles. The Labute approximate surface area is 122 Å². The van der Waals surface area contributed by atoms with Crippen LogP contribution in [0.5, 0.6) is 0 Å². The molecule has 3 aromatic rings. The van der Waals surface area contributed by atoms with Crippen molar-refractivity contribution in [2.75, 3.05) is 0 Å². The lowest BCUT2D eigenvalue weighted by Gasteiger charge is -2.08. The maximum atomic E-state index is 8.80. The predicted molar refractivity (Wildman–Crippen MR) is 81.6 cm³/mol. The van der Waals surface area contributed by atoms with Gasteiger partial charge in [0.15, 0.2) is 0 Å². The smallest absolute Gasteiger partial charge is 0.134 e. The Hall–Kier alpha value is -2.97. The highest BCUT2D eigenvalue weighted by atomic mass is 16.3. The number of hydrogen-bond acceptors (Lipinski definition) is 2. The summed E-state index contributed by atoms with van der Waals surface area (Å²) < 4.78 is 5.87. The van der Waals surface area contributed by atoms with Gasteiger partial charge < -0.3 is 4.42 Å². The van der Waals surface area contributed by atoms with E-state index < -0.39 is 6.04 Å². The number of rotatable bonds is 4. The van der Waals surface area contributed by atoms with Crippen LogP contribution in [0.3, 0.4) is 0 Å². The average molecular weight is 275 g/mol. The van der Waals surface area contributed by atoms with Gasteiger partial charge in [-0.05, 0) is 23.2 Å². The molecule has 2 aromatic carbocycles. The molecule has 0 aliphatic heterocycles. The second kappa shape index (κ2) is 5.99. The Morgan fingerprint density at radius 1 is 0.857 bits per heavy atom. The maximum Gasteiger partial charge on any atom is 0.134 e. The van der Waals surface area contributed by atoms with Crippen LogP contribution in [0.25, 0.3) is 21.8 Å². The molecular weight excluding hydrogens is 262 g/mol. The molecule has 21 heavy (non-hydrogen) atoms. The van der Waals surface area contributed by atoms with Crippen LogP contribution in [-0.4, -0.2) is 0 Å². The quantitative estimate of drug-likeness (QED) is 0.360. The van der Waals surface area contributed by atoms with Crippen molar-refractivity contribution in [3.8, 4) is 11.3 Å². The van der Waals surface area contributed by atoms with Crippen LogP contribution >= 0.6 is 0 Å². The first-order valence-corrected chi connectivity index (χ1v) is 6.63. The van der Waals surface area contributed by atoms with Crippen LogP contribution < -0.4 is 0 Å². The van der Waals surface area contributed by atoms with Gasteiger partial charge in [-0.1, -0.05) is 65.8 Å². The number of nitrogens with zero attached hydrogens (tertiary/aromatic N) is 3. The molecule has 0 amide bonds. The van der Waals surface area contributed by atoms with Gasteiger partial charge in [-0.25, -0.2) is 0 Å².